The number of nitrogens with zero attached hydrogens (tertiary/aromatic N) is 4. The van der Waals surface area contributed by atoms with E-state index >= 15 is 0 Å². The standard InChI is InChI=1S/C12H12N4O2/c1-8-4-3-5-9(2)12(8)16-10(13-14-15-16)6-7-11(17)18/h3-7H,1-2H3,(H,17,18)/b7-6+. The minimum Gasteiger partial charge on any atom is -0.478 e. The van der Waals surface area contributed by atoms with Crippen LogP contribution in [0.4, 0.5) is 0 Å². The molecule has 0 unspecified atom stereocenters. The lowest BCUT2D eigenvalue weighted by molar-refractivity contribution is -0.131. The van der Waals surface area contributed by atoms with Crippen molar-refractivity contribution in [1.29, 1.82) is 0 Å². The van der Waals surface area contributed by atoms with Gasteiger partial charge < -0.3 is 5.11 Å². The van der Waals surface area contributed by atoms with Crippen LogP contribution in [-0.4, -0.2) is 31.3 Å². The molecule has 0 radical (unpaired) electrons. The average Bonchev–Trinajstić information content (AvgIpc) is 2.74. The van der Waals surface area contributed by atoms with Gasteiger partial charge in [-0.3, -0.25) is 0 Å². The molecule has 1 aromatic carbocycles. The Morgan fingerprint density at radius 2 is 2.00 bits per heavy atom. The normalized spacial score (nSPS) is 11.0. The first-order valence-corrected chi connectivity index (χ1v) is 5.35. The molecule has 0 fully saturated rings. The summed E-state index contributed by atoms with van der Waals surface area (Å²) in [6.45, 7) is 3.91. The third-order valence-electron chi connectivity index (χ3n) is 2.52. The third kappa shape index (κ3) is 2.27. The molecule has 1 heterocycles. The number of carbonyl (C=O) groups is 1. The molecule has 0 amide bonds. The van der Waals surface area contributed by atoms with Crippen molar-refractivity contribution in [2.45, 2.75) is 13.8 Å². The number of benzene rings is 1. The van der Waals surface area contributed by atoms with Crippen LogP contribution in [0.15, 0.2) is 24.3 Å². The molecule has 1 N–H and O–H groups in total. The maximum atomic E-state index is 10.5. The molecule has 0 bridgehead atoms. The van der Waals surface area contributed by atoms with E-state index in [0.717, 1.165) is 22.9 Å². The fourth-order valence-corrected chi connectivity index (χ4v) is 1.74. The fourth-order valence-electron chi connectivity index (χ4n) is 1.74. The van der Waals surface area contributed by atoms with Crippen LogP contribution in [0.1, 0.15) is 17.0 Å². The van der Waals surface area contributed by atoms with E-state index in [-0.39, 0.29) is 0 Å². The average molecular weight is 244 g/mol. The van der Waals surface area contributed by atoms with Crippen LogP contribution in [0, 0.1) is 13.8 Å². The van der Waals surface area contributed by atoms with Gasteiger partial charge >= 0.3 is 5.97 Å². The van der Waals surface area contributed by atoms with E-state index in [1.165, 1.54) is 10.8 Å². The predicted molar refractivity (Wildman–Crippen MR) is 65.3 cm³/mol. The van der Waals surface area contributed by atoms with E-state index in [4.69, 9.17) is 5.11 Å². The minimum absolute atomic E-state index is 0.384. The van der Waals surface area contributed by atoms with Crippen LogP contribution in [0.3, 0.4) is 0 Å². The quantitative estimate of drug-likeness (QED) is 0.825. The maximum Gasteiger partial charge on any atom is 0.328 e. The second-order valence-electron chi connectivity index (χ2n) is 3.86. The third-order valence-corrected chi connectivity index (χ3v) is 2.52. The van der Waals surface area contributed by atoms with Crippen molar-refractivity contribution >= 4 is 12.0 Å². The molecule has 0 atom stereocenters. The molecule has 2 aromatic rings. The fraction of sp³-hybridized carbons (Fsp3) is 0.167. The van der Waals surface area contributed by atoms with E-state index in [9.17, 15) is 4.79 Å². The number of aryl methyl sites for hydroxylation is 2. The van der Waals surface area contributed by atoms with E-state index in [0.29, 0.717) is 5.82 Å². The monoisotopic (exact) mass is 244 g/mol. The highest BCUT2D eigenvalue weighted by Gasteiger charge is 2.10. The Labute approximate surface area is 104 Å². The summed E-state index contributed by atoms with van der Waals surface area (Å²) in [6, 6.07) is 5.86. The van der Waals surface area contributed by atoms with Gasteiger partial charge in [0.2, 0.25) is 0 Å². The van der Waals surface area contributed by atoms with Crippen LogP contribution in [0.25, 0.3) is 11.8 Å². The van der Waals surface area contributed by atoms with Crippen LogP contribution in [0.5, 0.6) is 0 Å². The Balaban J connectivity index is 2.52. The molecule has 0 aliphatic heterocycles. The molecule has 92 valence electrons. The first-order valence-electron chi connectivity index (χ1n) is 5.35. The smallest absolute Gasteiger partial charge is 0.328 e. The number of aliphatic carboxylic acids is 1. The van der Waals surface area contributed by atoms with Crippen LogP contribution < -0.4 is 0 Å². The number of tetrazole rings is 1. The topological polar surface area (TPSA) is 80.9 Å². The summed E-state index contributed by atoms with van der Waals surface area (Å²) in [5.74, 6) is -0.652. The van der Waals surface area contributed by atoms with Gasteiger partial charge in [0.05, 0.1) is 5.69 Å². The van der Waals surface area contributed by atoms with Crippen LogP contribution >= 0.6 is 0 Å². The van der Waals surface area contributed by atoms with Crippen molar-refractivity contribution < 1.29 is 9.90 Å². The Bertz CT molecular complexity index is 596. The summed E-state index contributed by atoms with van der Waals surface area (Å²) < 4.78 is 1.53. The highest BCUT2D eigenvalue weighted by molar-refractivity contribution is 5.84. The molecule has 0 saturated carbocycles. The Morgan fingerprint density at radius 3 is 2.61 bits per heavy atom. The van der Waals surface area contributed by atoms with E-state index in [1.54, 1.807) is 0 Å². The molecular formula is C12H12N4O2. The number of aromatic nitrogens is 4. The molecule has 0 spiro atoms. The number of carboxylic acid groups (broad SMARTS) is 1. The van der Waals surface area contributed by atoms with Gasteiger partial charge in [-0.25, -0.2) is 4.79 Å². The number of para-hydroxylation sites is 1. The van der Waals surface area contributed by atoms with Gasteiger partial charge in [0.1, 0.15) is 0 Å². The zero-order valence-corrected chi connectivity index (χ0v) is 10.0. The Hall–Kier alpha value is -2.50. The summed E-state index contributed by atoms with van der Waals surface area (Å²) in [7, 11) is 0. The molecule has 1 aromatic heterocycles. The second kappa shape index (κ2) is 4.79. The molecular weight excluding hydrogens is 232 g/mol. The lowest BCUT2D eigenvalue weighted by Gasteiger charge is -2.09. The van der Waals surface area contributed by atoms with E-state index in [2.05, 4.69) is 15.5 Å². The van der Waals surface area contributed by atoms with Gasteiger partial charge in [0.15, 0.2) is 5.82 Å². The van der Waals surface area contributed by atoms with Crippen molar-refractivity contribution in [3.05, 3.63) is 41.2 Å². The van der Waals surface area contributed by atoms with Gasteiger partial charge in [0.25, 0.3) is 0 Å². The molecule has 0 saturated heterocycles. The van der Waals surface area contributed by atoms with E-state index in [1.807, 2.05) is 32.0 Å². The van der Waals surface area contributed by atoms with Crippen molar-refractivity contribution in [2.24, 2.45) is 0 Å². The summed E-state index contributed by atoms with van der Waals surface area (Å²) in [6.07, 6.45) is 2.38. The number of rotatable bonds is 3. The number of hydrogen-bond acceptors (Lipinski definition) is 4. The SMILES string of the molecule is Cc1cccc(C)c1-n1nnnc1/C=C/C(=O)O. The Morgan fingerprint density at radius 1 is 1.33 bits per heavy atom. The van der Waals surface area contributed by atoms with Crippen LogP contribution in [0.2, 0.25) is 0 Å². The van der Waals surface area contributed by atoms with Gasteiger partial charge in [-0.05, 0) is 41.5 Å². The van der Waals surface area contributed by atoms with Crippen molar-refractivity contribution in [3.8, 4) is 5.69 Å². The summed E-state index contributed by atoms with van der Waals surface area (Å²) in [5.41, 5.74) is 2.91. The zero-order chi connectivity index (χ0) is 13.1. The van der Waals surface area contributed by atoms with Crippen LogP contribution in [-0.2, 0) is 4.79 Å². The summed E-state index contributed by atoms with van der Waals surface area (Å²) >= 11 is 0. The van der Waals surface area contributed by atoms with Crippen molar-refractivity contribution in [2.75, 3.05) is 0 Å². The first-order chi connectivity index (χ1) is 8.59. The molecule has 0 aliphatic rings. The highest BCUT2D eigenvalue weighted by atomic mass is 16.4. The van der Waals surface area contributed by atoms with Gasteiger partial charge in [-0.15, -0.1) is 5.10 Å². The first kappa shape index (κ1) is 12.0. The van der Waals surface area contributed by atoms with E-state index < -0.39 is 5.97 Å². The molecule has 6 heteroatoms. The lowest BCUT2D eigenvalue weighted by atomic mass is 10.1. The lowest BCUT2D eigenvalue weighted by Crippen LogP contribution is -2.04. The molecule has 18 heavy (non-hydrogen) atoms. The number of carboxylic acids is 1. The highest BCUT2D eigenvalue weighted by Crippen LogP contribution is 2.18. The maximum absolute atomic E-state index is 10.5. The van der Waals surface area contributed by atoms with Gasteiger partial charge in [-0.2, -0.15) is 4.68 Å². The summed E-state index contributed by atoms with van der Waals surface area (Å²) in [5, 5.41) is 19.9. The van der Waals surface area contributed by atoms with Crippen molar-refractivity contribution in [1.82, 2.24) is 20.2 Å². The van der Waals surface area contributed by atoms with Gasteiger partial charge in [-0.1, -0.05) is 18.2 Å². The molecule has 6 nitrogen and oxygen atoms in total. The second-order valence-corrected chi connectivity index (χ2v) is 3.86. The minimum atomic E-state index is -1.04. The predicted octanol–water partition coefficient (Wildman–Crippen LogP) is 1.38. The summed E-state index contributed by atoms with van der Waals surface area (Å²) in [4.78, 5) is 10.5. The zero-order valence-electron chi connectivity index (χ0n) is 10.0. The Kier molecular flexibility index (Phi) is 3.18. The van der Waals surface area contributed by atoms with Gasteiger partial charge in [0, 0.05) is 6.08 Å². The molecule has 0 aliphatic carbocycles. The number of hydrogen-bond donors (Lipinski definition) is 1. The van der Waals surface area contributed by atoms with Crippen molar-refractivity contribution in [3.63, 3.8) is 0 Å². The largest absolute Gasteiger partial charge is 0.478 e. The molecule has 2 rings (SSSR count).